The first-order chi connectivity index (χ1) is 14.3. The Kier molecular flexibility index (Phi) is 6.56. The van der Waals surface area contributed by atoms with Gasteiger partial charge in [-0.1, -0.05) is 13.0 Å². The minimum Gasteiger partial charge on any atom is -0.496 e. The fourth-order valence-electron chi connectivity index (χ4n) is 3.15. The van der Waals surface area contributed by atoms with Crippen LogP contribution in [0.2, 0.25) is 0 Å². The molecule has 8 heteroatoms. The lowest BCUT2D eigenvalue weighted by molar-refractivity contribution is 0.413. The highest BCUT2D eigenvalue weighted by molar-refractivity contribution is 7.92. The number of nitrogens with zero attached hydrogens (tertiary/aromatic N) is 2. The molecule has 0 aliphatic rings. The monoisotopic (exact) mass is 429 g/mol. The molecule has 30 heavy (non-hydrogen) atoms. The van der Waals surface area contributed by atoms with Crippen molar-refractivity contribution in [1.29, 1.82) is 0 Å². The molecule has 6 nitrogen and oxygen atoms in total. The Morgan fingerprint density at radius 1 is 1.13 bits per heavy atom. The second-order valence-electron chi connectivity index (χ2n) is 6.78. The van der Waals surface area contributed by atoms with Crippen LogP contribution < -0.4 is 14.4 Å². The number of aromatic nitrogens is 1. The van der Waals surface area contributed by atoms with Crippen molar-refractivity contribution in [3.8, 4) is 16.9 Å². The predicted molar refractivity (Wildman–Crippen MR) is 118 cm³/mol. The molecule has 0 bridgehead atoms. The number of nitrogens with one attached hydrogen (secondary N) is 1. The normalized spacial score (nSPS) is 11.2. The highest BCUT2D eigenvalue weighted by Crippen LogP contribution is 2.32. The fourth-order valence-corrected chi connectivity index (χ4v) is 4.16. The summed E-state index contributed by atoms with van der Waals surface area (Å²) in [4.78, 5) is 4.33. The van der Waals surface area contributed by atoms with Gasteiger partial charge < -0.3 is 10.1 Å². The van der Waals surface area contributed by atoms with E-state index in [-0.39, 0.29) is 5.82 Å². The minimum absolute atomic E-state index is 0.373. The summed E-state index contributed by atoms with van der Waals surface area (Å²) in [7, 11) is -1.88. The number of benzene rings is 2. The average Bonchev–Trinajstić information content (AvgIpc) is 2.71. The van der Waals surface area contributed by atoms with Gasteiger partial charge in [-0.2, -0.15) is 0 Å². The lowest BCUT2D eigenvalue weighted by atomic mass is 10.1. The molecule has 0 unspecified atom stereocenters. The first-order valence-corrected chi connectivity index (χ1v) is 11.3. The molecule has 0 saturated heterocycles. The number of sulfonamides is 1. The Bertz CT molecular complexity index is 1140. The molecule has 0 spiro atoms. The summed E-state index contributed by atoms with van der Waals surface area (Å²) in [6, 6.07) is 15.2. The van der Waals surface area contributed by atoms with E-state index in [9.17, 15) is 12.8 Å². The first-order valence-electron chi connectivity index (χ1n) is 9.46. The number of hydrogen-bond acceptors (Lipinski definition) is 5. The van der Waals surface area contributed by atoms with E-state index in [2.05, 4.69) is 10.3 Å². The molecule has 0 atom stereocenters. The highest BCUT2D eigenvalue weighted by atomic mass is 32.2. The van der Waals surface area contributed by atoms with Gasteiger partial charge in [-0.05, 0) is 54.4 Å². The maximum atomic E-state index is 13.5. The quantitative estimate of drug-likeness (QED) is 0.556. The molecule has 1 N–H and O–H groups in total. The number of ether oxygens (including phenoxy) is 1. The summed E-state index contributed by atoms with van der Waals surface area (Å²) in [6.45, 7) is 2.33. The number of hydrogen-bond donors (Lipinski definition) is 1. The van der Waals surface area contributed by atoms with Crippen LogP contribution in [0.5, 0.6) is 5.75 Å². The van der Waals surface area contributed by atoms with E-state index < -0.39 is 10.0 Å². The van der Waals surface area contributed by atoms with Crippen LogP contribution in [-0.4, -0.2) is 33.3 Å². The Balaban J connectivity index is 1.91. The number of halogens is 1. The van der Waals surface area contributed by atoms with Crippen LogP contribution in [0.3, 0.4) is 0 Å². The smallest absolute Gasteiger partial charge is 0.232 e. The molecule has 0 saturated carbocycles. The highest BCUT2D eigenvalue weighted by Gasteiger charge is 2.16. The summed E-state index contributed by atoms with van der Waals surface area (Å²) in [5.41, 5.74) is 2.84. The number of anilines is 3. The Hall–Kier alpha value is -3.13. The zero-order valence-electron chi connectivity index (χ0n) is 17.1. The van der Waals surface area contributed by atoms with Gasteiger partial charge >= 0.3 is 0 Å². The van der Waals surface area contributed by atoms with Crippen LogP contribution in [-0.2, 0) is 10.0 Å². The molecule has 158 valence electrons. The van der Waals surface area contributed by atoms with E-state index in [0.29, 0.717) is 35.9 Å². The van der Waals surface area contributed by atoms with Gasteiger partial charge in [0, 0.05) is 30.1 Å². The second kappa shape index (κ2) is 9.13. The van der Waals surface area contributed by atoms with Crippen LogP contribution >= 0.6 is 0 Å². The van der Waals surface area contributed by atoms with E-state index in [0.717, 1.165) is 11.1 Å². The largest absolute Gasteiger partial charge is 0.496 e. The molecule has 0 aliphatic carbocycles. The van der Waals surface area contributed by atoms with E-state index in [4.69, 9.17) is 4.74 Å². The topological polar surface area (TPSA) is 71.5 Å². The summed E-state index contributed by atoms with van der Waals surface area (Å²) in [5, 5.41) is 3.20. The number of methoxy groups -OCH3 is 1. The zero-order chi connectivity index (χ0) is 21.7. The standard InChI is InChI=1S/C22H24FN3O3S/c1-4-12-26(30(3,27)28)19-7-5-6-18(15-19)25-22-13-16(10-11-24-22)20-9-8-17(23)14-21(20)29-2/h5-11,13-15H,4,12H2,1-3H3,(H,24,25). The molecule has 0 fully saturated rings. The van der Waals surface area contributed by atoms with Crippen molar-refractivity contribution in [2.24, 2.45) is 0 Å². The third-order valence-corrected chi connectivity index (χ3v) is 5.66. The summed E-state index contributed by atoms with van der Waals surface area (Å²) < 4.78 is 44.4. The summed E-state index contributed by atoms with van der Waals surface area (Å²) in [6.07, 6.45) is 3.54. The third kappa shape index (κ3) is 5.07. The van der Waals surface area contributed by atoms with Gasteiger partial charge in [-0.3, -0.25) is 4.31 Å². The Labute approximate surface area is 176 Å². The van der Waals surface area contributed by atoms with Gasteiger partial charge in [0.05, 0.1) is 19.1 Å². The first kappa shape index (κ1) is 21.6. The van der Waals surface area contributed by atoms with Gasteiger partial charge in [0.1, 0.15) is 17.4 Å². The third-order valence-electron chi connectivity index (χ3n) is 4.47. The number of pyridine rings is 1. The van der Waals surface area contributed by atoms with Crippen molar-refractivity contribution in [2.75, 3.05) is 29.5 Å². The minimum atomic E-state index is -3.38. The Morgan fingerprint density at radius 2 is 1.93 bits per heavy atom. The molecule has 2 aromatic carbocycles. The van der Waals surface area contributed by atoms with Crippen LogP contribution in [0.4, 0.5) is 21.6 Å². The molecule has 0 amide bonds. The van der Waals surface area contributed by atoms with Crippen molar-refractivity contribution in [3.63, 3.8) is 0 Å². The van der Waals surface area contributed by atoms with Crippen molar-refractivity contribution >= 4 is 27.2 Å². The molecule has 3 aromatic rings. The molecular formula is C22H24FN3O3S. The maximum Gasteiger partial charge on any atom is 0.232 e. The van der Waals surface area contributed by atoms with E-state index in [1.165, 1.54) is 29.8 Å². The van der Waals surface area contributed by atoms with Gasteiger partial charge in [-0.15, -0.1) is 0 Å². The predicted octanol–water partition coefficient (Wildman–Crippen LogP) is 4.82. The van der Waals surface area contributed by atoms with Crippen molar-refractivity contribution in [2.45, 2.75) is 13.3 Å². The van der Waals surface area contributed by atoms with Crippen molar-refractivity contribution in [3.05, 3.63) is 66.6 Å². The van der Waals surface area contributed by atoms with E-state index in [1.807, 2.05) is 25.1 Å². The fraction of sp³-hybridized carbons (Fsp3) is 0.227. The molecule has 1 heterocycles. The average molecular weight is 430 g/mol. The lowest BCUT2D eigenvalue weighted by Crippen LogP contribution is -2.30. The van der Waals surface area contributed by atoms with Crippen LogP contribution in [0.1, 0.15) is 13.3 Å². The van der Waals surface area contributed by atoms with Gasteiger partial charge in [0.15, 0.2) is 0 Å². The van der Waals surface area contributed by atoms with Gasteiger partial charge in [-0.25, -0.2) is 17.8 Å². The SMILES string of the molecule is CCCN(c1cccc(Nc2cc(-c3ccc(F)cc3OC)ccn2)c1)S(C)(=O)=O. The Morgan fingerprint density at radius 3 is 2.63 bits per heavy atom. The van der Waals surface area contributed by atoms with Crippen molar-refractivity contribution in [1.82, 2.24) is 4.98 Å². The maximum absolute atomic E-state index is 13.5. The van der Waals surface area contributed by atoms with E-state index >= 15 is 0 Å². The van der Waals surface area contributed by atoms with Crippen LogP contribution in [0, 0.1) is 5.82 Å². The second-order valence-corrected chi connectivity index (χ2v) is 8.69. The van der Waals surface area contributed by atoms with Crippen LogP contribution in [0.15, 0.2) is 60.8 Å². The molecule has 1 aromatic heterocycles. The van der Waals surface area contributed by atoms with E-state index in [1.54, 1.807) is 30.5 Å². The summed E-state index contributed by atoms with van der Waals surface area (Å²) in [5.74, 6) is 0.622. The summed E-state index contributed by atoms with van der Waals surface area (Å²) >= 11 is 0. The zero-order valence-corrected chi connectivity index (χ0v) is 17.9. The van der Waals surface area contributed by atoms with Crippen LogP contribution in [0.25, 0.3) is 11.1 Å². The van der Waals surface area contributed by atoms with Crippen molar-refractivity contribution < 1.29 is 17.5 Å². The molecule has 0 aliphatic heterocycles. The lowest BCUT2D eigenvalue weighted by Gasteiger charge is -2.22. The number of rotatable bonds is 8. The molecule has 3 rings (SSSR count). The molecular weight excluding hydrogens is 405 g/mol. The molecule has 0 radical (unpaired) electrons. The van der Waals surface area contributed by atoms with Gasteiger partial charge in [0.25, 0.3) is 0 Å². The van der Waals surface area contributed by atoms with Gasteiger partial charge in [0.2, 0.25) is 10.0 Å².